The molecule has 2 aliphatic rings. The number of rotatable bonds is 5. The van der Waals surface area contributed by atoms with Gasteiger partial charge in [-0.1, -0.05) is 26.7 Å². The Kier molecular flexibility index (Phi) is 5.05. The minimum absolute atomic E-state index is 0.555. The van der Waals surface area contributed by atoms with Crippen LogP contribution in [0.25, 0.3) is 0 Å². The van der Waals surface area contributed by atoms with Crippen molar-refractivity contribution in [1.82, 2.24) is 4.90 Å². The minimum Gasteiger partial charge on any atom is -0.381 e. The SMILES string of the molecule is CCC1(CC)CCN(C(CN)C2CCOC2)CC1. The van der Waals surface area contributed by atoms with E-state index in [1.165, 1.54) is 45.2 Å². The van der Waals surface area contributed by atoms with Crippen molar-refractivity contribution < 1.29 is 4.74 Å². The summed E-state index contributed by atoms with van der Waals surface area (Å²) in [6.07, 6.45) is 6.56. The predicted molar refractivity (Wildman–Crippen MR) is 75.6 cm³/mol. The highest BCUT2D eigenvalue weighted by Crippen LogP contribution is 2.39. The second kappa shape index (κ2) is 6.36. The third kappa shape index (κ3) is 2.89. The van der Waals surface area contributed by atoms with E-state index in [1.54, 1.807) is 0 Å². The van der Waals surface area contributed by atoms with Crippen LogP contribution >= 0.6 is 0 Å². The van der Waals surface area contributed by atoms with Gasteiger partial charge in [0.05, 0.1) is 6.61 Å². The number of nitrogens with two attached hydrogens (primary N) is 1. The molecule has 2 aliphatic heterocycles. The maximum absolute atomic E-state index is 6.02. The summed E-state index contributed by atoms with van der Waals surface area (Å²) in [5, 5.41) is 0. The van der Waals surface area contributed by atoms with Gasteiger partial charge in [0.25, 0.3) is 0 Å². The molecular weight excluding hydrogens is 224 g/mol. The standard InChI is InChI=1S/C15H30N2O/c1-3-15(4-2)6-8-17(9-7-15)14(11-16)13-5-10-18-12-13/h13-14H,3-12,16H2,1-2H3. The molecule has 0 aromatic carbocycles. The van der Waals surface area contributed by atoms with Crippen molar-refractivity contribution in [3.05, 3.63) is 0 Å². The molecule has 0 spiro atoms. The van der Waals surface area contributed by atoms with Crippen molar-refractivity contribution in [2.45, 2.75) is 52.0 Å². The van der Waals surface area contributed by atoms with Gasteiger partial charge in [-0.25, -0.2) is 0 Å². The summed E-state index contributed by atoms with van der Waals surface area (Å²) in [6, 6.07) is 0.555. The number of piperidine rings is 1. The highest BCUT2D eigenvalue weighted by molar-refractivity contribution is 4.90. The number of hydrogen-bond acceptors (Lipinski definition) is 3. The fraction of sp³-hybridized carbons (Fsp3) is 1.00. The molecule has 0 saturated carbocycles. The Morgan fingerprint density at radius 3 is 2.39 bits per heavy atom. The third-order valence-corrected chi connectivity index (χ3v) is 5.58. The first-order chi connectivity index (χ1) is 8.74. The maximum atomic E-state index is 6.02. The molecule has 0 bridgehead atoms. The second-order valence-electron chi connectivity index (χ2n) is 6.17. The molecule has 0 aromatic rings. The molecule has 0 aromatic heterocycles. The molecule has 2 N–H and O–H groups in total. The molecule has 2 fully saturated rings. The van der Waals surface area contributed by atoms with Crippen molar-refractivity contribution >= 4 is 0 Å². The molecule has 2 unspecified atom stereocenters. The van der Waals surface area contributed by atoms with Gasteiger partial charge in [0, 0.05) is 25.1 Å². The van der Waals surface area contributed by atoms with E-state index in [0.717, 1.165) is 19.8 Å². The van der Waals surface area contributed by atoms with Gasteiger partial charge in [0.15, 0.2) is 0 Å². The van der Waals surface area contributed by atoms with Crippen LogP contribution in [0.1, 0.15) is 46.0 Å². The van der Waals surface area contributed by atoms with Gasteiger partial charge in [0.1, 0.15) is 0 Å². The van der Waals surface area contributed by atoms with Crippen LogP contribution < -0.4 is 5.73 Å². The fourth-order valence-electron chi connectivity index (χ4n) is 3.78. The summed E-state index contributed by atoms with van der Waals surface area (Å²) < 4.78 is 5.53. The fourth-order valence-corrected chi connectivity index (χ4v) is 3.78. The topological polar surface area (TPSA) is 38.5 Å². The van der Waals surface area contributed by atoms with Crippen LogP contribution in [0.3, 0.4) is 0 Å². The van der Waals surface area contributed by atoms with Crippen LogP contribution in [0.5, 0.6) is 0 Å². The molecule has 3 nitrogen and oxygen atoms in total. The van der Waals surface area contributed by atoms with Gasteiger partial charge >= 0.3 is 0 Å². The van der Waals surface area contributed by atoms with Crippen molar-refractivity contribution in [3.63, 3.8) is 0 Å². The molecule has 2 saturated heterocycles. The van der Waals surface area contributed by atoms with E-state index < -0.39 is 0 Å². The molecule has 2 atom stereocenters. The summed E-state index contributed by atoms with van der Waals surface area (Å²) in [5.74, 6) is 0.672. The van der Waals surface area contributed by atoms with Gasteiger partial charge in [-0.05, 0) is 37.8 Å². The molecule has 2 rings (SSSR count). The van der Waals surface area contributed by atoms with Crippen LogP contribution in [0.15, 0.2) is 0 Å². The first kappa shape index (κ1) is 14.3. The number of likely N-dealkylation sites (tertiary alicyclic amines) is 1. The lowest BCUT2D eigenvalue weighted by molar-refractivity contribution is 0.0446. The zero-order valence-electron chi connectivity index (χ0n) is 12.2. The normalized spacial score (nSPS) is 30.5. The van der Waals surface area contributed by atoms with E-state index in [-0.39, 0.29) is 0 Å². The number of ether oxygens (including phenoxy) is 1. The van der Waals surface area contributed by atoms with Gasteiger partial charge in [-0.15, -0.1) is 0 Å². The second-order valence-corrected chi connectivity index (χ2v) is 6.17. The highest BCUT2D eigenvalue weighted by atomic mass is 16.5. The number of nitrogens with zero attached hydrogens (tertiary/aromatic N) is 1. The first-order valence-corrected chi connectivity index (χ1v) is 7.76. The lowest BCUT2D eigenvalue weighted by Gasteiger charge is -2.45. The number of hydrogen-bond donors (Lipinski definition) is 1. The first-order valence-electron chi connectivity index (χ1n) is 7.76. The molecule has 106 valence electrons. The smallest absolute Gasteiger partial charge is 0.0510 e. The van der Waals surface area contributed by atoms with Gasteiger partial charge in [-0.3, -0.25) is 4.90 Å². The van der Waals surface area contributed by atoms with E-state index >= 15 is 0 Å². The van der Waals surface area contributed by atoms with E-state index in [9.17, 15) is 0 Å². The predicted octanol–water partition coefficient (Wildman–Crippen LogP) is 2.25. The van der Waals surface area contributed by atoms with Gasteiger partial charge in [-0.2, -0.15) is 0 Å². The average Bonchev–Trinajstić information content (AvgIpc) is 2.95. The van der Waals surface area contributed by atoms with Crippen molar-refractivity contribution in [2.75, 3.05) is 32.8 Å². The summed E-state index contributed by atoms with van der Waals surface area (Å²) >= 11 is 0. The average molecular weight is 254 g/mol. The molecule has 3 heteroatoms. The lowest BCUT2D eigenvalue weighted by Crippen LogP contribution is -2.51. The van der Waals surface area contributed by atoms with Gasteiger partial charge in [0.2, 0.25) is 0 Å². The molecule has 0 aliphatic carbocycles. The van der Waals surface area contributed by atoms with Crippen LogP contribution in [-0.2, 0) is 4.74 Å². The Bertz CT molecular complexity index is 237. The lowest BCUT2D eigenvalue weighted by atomic mass is 9.73. The van der Waals surface area contributed by atoms with E-state index in [0.29, 0.717) is 17.4 Å². The zero-order chi connectivity index (χ0) is 13.0. The minimum atomic E-state index is 0.555. The summed E-state index contributed by atoms with van der Waals surface area (Å²) in [7, 11) is 0. The maximum Gasteiger partial charge on any atom is 0.0510 e. The Morgan fingerprint density at radius 2 is 1.94 bits per heavy atom. The Hall–Kier alpha value is -0.120. The Balaban J connectivity index is 1.90. The quantitative estimate of drug-likeness (QED) is 0.818. The van der Waals surface area contributed by atoms with Crippen LogP contribution in [0.2, 0.25) is 0 Å². The summed E-state index contributed by atoms with van der Waals surface area (Å²) in [5.41, 5.74) is 6.63. The molecule has 2 heterocycles. The summed E-state index contributed by atoms with van der Waals surface area (Å²) in [6.45, 7) is 9.82. The van der Waals surface area contributed by atoms with E-state index in [1.807, 2.05) is 0 Å². The monoisotopic (exact) mass is 254 g/mol. The largest absolute Gasteiger partial charge is 0.381 e. The van der Waals surface area contributed by atoms with Crippen LogP contribution in [-0.4, -0.2) is 43.8 Å². The molecular formula is C15H30N2O. The Labute approximate surface area is 112 Å². The van der Waals surface area contributed by atoms with Crippen LogP contribution in [0, 0.1) is 11.3 Å². The zero-order valence-corrected chi connectivity index (χ0v) is 12.2. The third-order valence-electron chi connectivity index (χ3n) is 5.58. The van der Waals surface area contributed by atoms with Crippen molar-refractivity contribution in [3.8, 4) is 0 Å². The molecule has 0 amide bonds. The van der Waals surface area contributed by atoms with Gasteiger partial charge < -0.3 is 10.5 Å². The molecule has 18 heavy (non-hydrogen) atoms. The molecule has 0 radical (unpaired) electrons. The summed E-state index contributed by atoms with van der Waals surface area (Å²) in [4.78, 5) is 2.64. The van der Waals surface area contributed by atoms with E-state index in [4.69, 9.17) is 10.5 Å². The Morgan fingerprint density at radius 1 is 1.28 bits per heavy atom. The van der Waals surface area contributed by atoms with Crippen LogP contribution in [0.4, 0.5) is 0 Å². The van der Waals surface area contributed by atoms with E-state index in [2.05, 4.69) is 18.7 Å². The van der Waals surface area contributed by atoms with Crippen molar-refractivity contribution in [2.24, 2.45) is 17.1 Å². The highest BCUT2D eigenvalue weighted by Gasteiger charge is 2.36. The van der Waals surface area contributed by atoms with Crippen molar-refractivity contribution in [1.29, 1.82) is 0 Å².